The van der Waals surface area contributed by atoms with Crippen LogP contribution in [0.2, 0.25) is 0 Å². The molecule has 1 aliphatic rings. The summed E-state index contributed by atoms with van der Waals surface area (Å²) in [6, 6.07) is 10.2. The lowest BCUT2D eigenvalue weighted by Crippen LogP contribution is -2.55. The lowest BCUT2D eigenvalue weighted by atomic mass is 9.88. The molecule has 2 heterocycles. The predicted octanol–water partition coefficient (Wildman–Crippen LogP) is 0.774. The van der Waals surface area contributed by atoms with E-state index in [-0.39, 0.29) is 12.5 Å². The molecule has 1 amide bonds. The van der Waals surface area contributed by atoms with Crippen molar-refractivity contribution < 1.29 is 9.90 Å². The zero-order valence-corrected chi connectivity index (χ0v) is 14.5. The zero-order chi connectivity index (χ0) is 18.7. The summed E-state index contributed by atoms with van der Waals surface area (Å²) in [7, 11) is 0. The molecule has 2 N–H and O–H groups in total. The van der Waals surface area contributed by atoms with Crippen LogP contribution in [0.3, 0.4) is 0 Å². The van der Waals surface area contributed by atoms with E-state index < -0.39 is 22.9 Å². The van der Waals surface area contributed by atoms with E-state index in [9.17, 15) is 19.5 Å². The number of nitrogens with one attached hydrogen (secondary N) is 1. The van der Waals surface area contributed by atoms with Crippen molar-refractivity contribution in [3.8, 4) is 0 Å². The summed E-state index contributed by atoms with van der Waals surface area (Å²) in [5.74, 6) is -0.193. The molecule has 2 atom stereocenters. The van der Waals surface area contributed by atoms with Gasteiger partial charge >= 0.3 is 5.69 Å². The lowest BCUT2D eigenvalue weighted by molar-refractivity contribution is -0.135. The average molecular weight is 355 g/mol. The Morgan fingerprint density at radius 1 is 1.27 bits per heavy atom. The molecule has 26 heavy (non-hydrogen) atoms. The summed E-state index contributed by atoms with van der Waals surface area (Å²) in [5.41, 5.74) is -1.42. The number of piperidine rings is 1. The van der Waals surface area contributed by atoms with Crippen LogP contribution in [0.25, 0.3) is 6.08 Å². The van der Waals surface area contributed by atoms with E-state index in [2.05, 4.69) is 4.98 Å². The van der Waals surface area contributed by atoms with E-state index >= 15 is 0 Å². The number of H-pyrrole nitrogens is 1. The first-order valence-corrected chi connectivity index (χ1v) is 8.43. The van der Waals surface area contributed by atoms with Gasteiger partial charge in [0.1, 0.15) is 5.60 Å². The fourth-order valence-electron chi connectivity index (χ4n) is 3.30. The Kier molecular flexibility index (Phi) is 4.90. The summed E-state index contributed by atoms with van der Waals surface area (Å²) in [6.07, 6.45) is 5.00. The SMILES string of the molecule is C[C@@]1(O)CN(C(=O)/C=C/c2ccccc2)CC[C@H]1n1ccc(=O)[nH]c1=O. The van der Waals surface area contributed by atoms with Crippen LogP contribution in [0.5, 0.6) is 0 Å². The van der Waals surface area contributed by atoms with Crippen LogP contribution in [0.15, 0.2) is 58.3 Å². The fourth-order valence-corrected chi connectivity index (χ4v) is 3.30. The third kappa shape index (κ3) is 3.83. The van der Waals surface area contributed by atoms with Gasteiger partial charge in [-0.05, 0) is 25.0 Å². The summed E-state index contributed by atoms with van der Waals surface area (Å²) in [5, 5.41) is 10.8. The second-order valence-electron chi connectivity index (χ2n) is 6.68. The topological polar surface area (TPSA) is 95.4 Å². The molecule has 7 heteroatoms. The van der Waals surface area contributed by atoms with Crippen LogP contribution in [0, 0.1) is 0 Å². The second kappa shape index (κ2) is 7.13. The van der Waals surface area contributed by atoms with E-state index in [1.165, 1.54) is 22.9 Å². The van der Waals surface area contributed by atoms with E-state index in [0.717, 1.165) is 5.56 Å². The number of likely N-dealkylation sites (tertiary alicyclic amines) is 1. The van der Waals surface area contributed by atoms with Crippen LogP contribution < -0.4 is 11.2 Å². The Balaban J connectivity index is 1.74. The van der Waals surface area contributed by atoms with Crippen molar-refractivity contribution in [3.05, 3.63) is 75.1 Å². The minimum atomic E-state index is -1.30. The first-order valence-electron chi connectivity index (χ1n) is 8.43. The van der Waals surface area contributed by atoms with Crippen LogP contribution in [-0.2, 0) is 4.79 Å². The number of aromatic nitrogens is 2. The quantitative estimate of drug-likeness (QED) is 0.795. The molecule has 0 aliphatic carbocycles. The van der Waals surface area contributed by atoms with E-state index in [4.69, 9.17) is 0 Å². The summed E-state index contributed by atoms with van der Waals surface area (Å²) in [4.78, 5) is 39.4. The monoisotopic (exact) mass is 355 g/mol. The van der Waals surface area contributed by atoms with Crippen LogP contribution in [-0.4, -0.2) is 44.2 Å². The minimum Gasteiger partial charge on any atom is -0.386 e. The Morgan fingerprint density at radius 3 is 2.65 bits per heavy atom. The zero-order valence-electron chi connectivity index (χ0n) is 14.5. The van der Waals surface area contributed by atoms with Gasteiger partial charge in [-0.2, -0.15) is 0 Å². The van der Waals surface area contributed by atoms with Crippen molar-refractivity contribution in [1.82, 2.24) is 14.5 Å². The van der Waals surface area contributed by atoms with Gasteiger partial charge in [0.2, 0.25) is 5.91 Å². The molecule has 1 fully saturated rings. The normalized spacial score (nSPS) is 23.3. The van der Waals surface area contributed by atoms with Gasteiger partial charge in [0, 0.05) is 24.9 Å². The predicted molar refractivity (Wildman–Crippen MR) is 97.7 cm³/mol. The number of nitrogens with zero attached hydrogens (tertiary/aromatic N) is 2. The highest BCUT2D eigenvalue weighted by atomic mass is 16.3. The van der Waals surface area contributed by atoms with Crippen molar-refractivity contribution in [2.75, 3.05) is 13.1 Å². The van der Waals surface area contributed by atoms with Crippen molar-refractivity contribution in [1.29, 1.82) is 0 Å². The van der Waals surface area contributed by atoms with Gasteiger partial charge in [-0.15, -0.1) is 0 Å². The standard InChI is InChI=1S/C19H21N3O4/c1-19(26)13-21(17(24)8-7-14-5-3-2-4-6-14)11-9-15(19)22-12-10-16(23)20-18(22)25/h2-8,10,12,15,26H,9,11,13H2,1H3,(H,20,23,25)/b8-7+/t15-,19-/m1/s1. The van der Waals surface area contributed by atoms with Gasteiger partial charge in [-0.25, -0.2) is 4.79 Å². The number of rotatable bonds is 3. The molecule has 3 rings (SSSR count). The molecule has 136 valence electrons. The summed E-state index contributed by atoms with van der Waals surface area (Å²) < 4.78 is 1.32. The summed E-state index contributed by atoms with van der Waals surface area (Å²) >= 11 is 0. The number of carbonyl (C=O) groups excluding carboxylic acids is 1. The maximum Gasteiger partial charge on any atom is 0.328 e. The number of benzene rings is 1. The Bertz CT molecular complexity index is 928. The molecule has 1 saturated heterocycles. The van der Waals surface area contributed by atoms with E-state index in [1.807, 2.05) is 30.3 Å². The first kappa shape index (κ1) is 17.9. The molecule has 2 aromatic rings. The number of amides is 1. The third-order valence-corrected chi connectivity index (χ3v) is 4.62. The van der Waals surface area contributed by atoms with Gasteiger partial charge in [0.15, 0.2) is 0 Å². The molecule has 0 bridgehead atoms. The molecule has 0 unspecified atom stereocenters. The van der Waals surface area contributed by atoms with Crippen molar-refractivity contribution in [3.63, 3.8) is 0 Å². The number of hydrogen-bond acceptors (Lipinski definition) is 4. The van der Waals surface area contributed by atoms with Gasteiger partial charge in [0.25, 0.3) is 5.56 Å². The highest BCUT2D eigenvalue weighted by molar-refractivity contribution is 5.91. The molecule has 1 aromatic heterocycles. The van der Waals surface area contributed by atoms with Crippen molar-refractivity contribution >= 4 is 12.0 Å². The number of hydrogen-bond donors (Lipinski definition) is 2. The fraction of sp³-hybridized carbons (Fsp3) is 0.316. The van der Waals surface area contributed by atoms with Gasteiger partial charge in [-0.1, -0.05) is 30.3 Å². The number of carbonyl (C=O) groups is 1. The number of β-amino-alcohol motifs (C(OH)–C–C–N with tert-alkyl or cyclic N) is 1. The number of aliphatic hydroxyl groups is 1. The lowest BCUT2D eigenvalue weighted by Gasteiger charge is -2.43. The molecule has 0 saturated carbocycles. The Hall–Kier alpha value is -2.93. The van der Waals surface area contributed by atoms with E-state index in [0.29, 0.717) is 13.0 Å². The number of aromatic amines is 1. The van der Waals surface area contributed by atoms with Crippen LogP contribution >= 0.6 is 0 Å². The average Bonchev–Trinajstić information content (AvgIpc) is 2.60. The third-order valence-electron chi connectivity index (χ3n) is 4.62. The van der Waals surface area contributed by atoms with Crippen LogP contribution in [0.4, 0.5) is 0 Å². The largest absolute Gasteiger partial charge is 0.386 e. The smallest absolute Gasteiger partial charge is 0.328 e. The van der Waals surface area contributed by atoms with E-state index in [1.54, 1.807) is 17.9 Å². The van der Waals surface area contributed by atoms with Crippen molar-refractivity contribution in [2.24, 2.45) is 0 Å². The highest BCUT2D eigenvalue weighted by Gasteiger charge is 2.40. The van der Waals surface area contributed by atoms with Gasteiger partial charge in [0.05, 0.1) is 12.6 Å². The molecular weight excluding hydrogens is 334 g/mol. The molecule has 1 aliphatic heterocycles. The highest BCUT2D eigenvalue weighted by Crippen LogP contribution is 2.30. The molecule has 1 aromatic carbocycles. The van der Waals surface area contributed by atoms with Gasteiger partial charge < -0.3 is 10.0 Å². The maximum absolute atomic E-state index is 12.4. The Labute approximate surface area is 150 Å². The molecule has 7 nitrogen and oxygen atoms in total. The van der Waals surface area contributed by atoms with Crippen molar-refractivity contribution in [2.45, 2.75) is 25.0 Å². The molecule has 0 radical (unpaired) electrons. The Morgan fingerprint density at radius 2 is 2.00 bits per heavy atom. The minimum absolute atomic E-state index is 0.0984. The molecule has 0 spiro atoms. The maximum atomic E-state index is 12.4. The first-order chi connectivity index (χ1) is 12.4. The van der Waals surface area contributed by atoms with Gasteiger partial charge in [-0.3, -0.25) is 19.1 Å². The second-order valence-corrected chi connectivity index (χ2v) is 6.68. The van der Waals surface area contributed by atoms with Crippen LogP contribution in [0.1, 0.15) is 24.9 Å². The summed E-state index contributed by atoms with van der Waals surface area (Å²) in [6.45, 7) is 2.10. The molecular formula is C19H21N3O4.